The fourth-order valence-corrected chi connectivity index (χ4v) is 1.99. The Kier molecular flexibility index (Phi) is 4.07. The van der Waals surface area contributed by atoms with E-state index >= 15 is 0 Å². The average Bonchev–Trinajstić information content (AvgIpc) is 2.74. The van der Waals surface area contributed by atoms with Gasteiger partial charge in [0.05, 0.1) is 6.10 Å². The third-order valence-electron chi connectivity index (χ3n) is 2.86. The maximum absolute atomic E-state index is 11.1. The highest BCUT2D eigenvalue weighted by molar-refractivity contribution is 5.78. The van der Waals surface area contributed by atoms with Crippen LogP contribution in [0.3, 0.4) is 0 Å². The lowest BCUT2D eigenvalue weighted by molar-refractivity contribution is -0.119. The van der Waals surface area contributed by atoms with Crippen LogP contribution in [0.1, 0.15) is 26.7 Å². The van der Waals surface area contributed by atoms with E-state index in [0.717, 1.165) is 24.4 Å². The molecule has 2 rings (SSSR count). The van der Waals surface area contributed by atoms with Crippen molar-refractivity contribution in [1.29, 1.82) is 0 Å². The normalized spacial score (nSPS) is 18.8. The summed E-state index contributed by atoms with van der Waals surface area (Å²) in [5.41, 5.74) is 1.05. The predicted molar refractivity (Wildman–Crippen MR) is 71.9 cm³/mol. The summed E-state index contributed by atoms with van der Waals surface area (Å²) in [5, 5.41) is 6.25. The number of hydrogen-bond acceptors (Lipinski definition) is 3. The lowest BCUT2D eigenvalue weighted by Gasteiger charge is -2.13. The third kappa shape index (κ3) is 3.65. The van der Waals surface area contributed by atoms with Crippen LogP contribution in [0.15, 0.2) is 24.3 Å². The zero-order valence-corrected chi connectivity index (χ0v) is 10.9. The first-order chi connectivity index (χ1) is 8.63. The zero-order chi connectivity index (χ0) is 13.0. The number of amides is 1. The number of ether oxygens (including phenoxy) is 1. The van der Waals surface area contributed by atoms with E-state index < -0.39 is 0 Å². The van der Waals surface area contributed by atoms with E-state index in [2.05, 4.69) is 10.6 Å². The van der Waals surface area contributed by atoms with Crippen molar-refractivity contribution in [3.8, 4) is 5.75 Å². The monoisotopic (exact) mass is 248 g/mol. The molecular weight excluding hydrogens is 228 g/mol. The number of anilines is 1. The van der Waals surface area contributed by atoms with Gasteiger partial charge in [-0.15, -0.1) is 0 Å². The Bertz CT molecular complexity index is 401. The molecule has 0 aromatic heterocycles. The minimum Gasteiger partial charge on any atom is -0.491 e. The average molecular weight is 248 g/mol. The van der Waals surface area contributed by atoms with Crippen molar-refractivity contribution in [3.63, 3.8) is 0 Å². The standard InChI is InChI=1S/C14H20N2O2/c1-10(2)18-13-6-3-11(4-7-13)15-9-12-5-8-14(17)16-12/h3-4,6-7,10,12,15H,5,8-9H2,1-2H3,(H,16,17). The molecule has 4 nitrogen and oxygen atoms in total. The maximum Gasteiger partial charge on any atom is 0.220 e. The fraction of sp³-hybridized carbons (Fsp3) is 0.500. The number of benzene rings is 1. The molecule has 0 saturated carbocycles. The lowest BCUT2D eigenvalue weighted by atomic mass is 10.2. The van der Waals surface area contributed by atoms with Crippen molar-refractivity contribution < 1.29 is 9.53 Å². The molecule has 0 bridgehead atoms. The van der Waals surface area contributed by atoms with Gasteiger partial charge in [-0.1, -0.05) is 0 Å². The largest absolute Gasteiger partial charge is 0.491 e. The molecule has 1 aliphatic heterocycles. The summed E-state index contributed by atoms with van der Waals surface area (Å²) < 4.78 is 5.58. The van der Waals surface area contributed by atoms with Crippen molar-refractivity contribution in [1.82, 2.24) is 5.32 Å². The summed E-state index contributed by atoms with van der Waals surface area (Å²) in [6.07, 6.45) is 1.76. The number of hydrogen-bond donors (Lipinski definition) is 2. The second-order valence-corrected chi connectivity index (χ2v) is 4.87. The van der Waals surface area contributed by atoms with Crippen LogP contribution in [0, 0.1) is 0 Å². The fourth-order valence-electron chi connectivity index (χ4n) is 1.99. The summed E-state index contributed by atoms with van der Waals surface area (Å²) in [7, 11) is 0. The molecule has 1 amide bonds. The summed E-state index contributed by atoms with van der Waals surface area (Å²) in [5.74, 6) is 1.03. The molecule has 1 fully saturated rings. The molecular formula is C14H20N2O2. The van der Waals surface area contributed by atoms with Crippen LogP contribution in [-0.4, -0.2) is 24.6 Å². The second kappa shape index (κ2) is 5.76. The Balaban J connectivity index is 1.81. The molecule has 98 valence electrons. The third-order valence-corrected chi connectivity index (χ3v) is 2.86. The zero-order valence-electron chi connectivity index (χ0n) is 10.9. The SMILES string of the molecule is CC(C)Oc1ccc(NCC2CCC(=O)N2)cc1. The van der Waals surface area contributed by atoms with Crippen LogP contribution >= 0.6 is 0 Å². The molecule has 1 saturated heterocycles. The van der Waals surface area contributed by atoms with E-state index in [4.69, 9.17) is 4.74 Å². The number of carbonyl (C=O) groups is 1. The van der Waals surface area contributed by atoms with Crippen molar-refractivity contribution in [3.05, 3.63) is 24.3 Å². The van der Waals surface area contributed by atoms with Crippen LogP contribution in [0.4, 0.5) is 5.69 Å². The van der Waals surface area contributed by atoms with Gasteiger partial charge in [-0.3, -0.25) is 4.79 Å². The van der Waals surface area contributed by atoms with E-state index in [1.54, 1.807) is 0 Å². The van der Waals surface area contributed by atoms with Crippen molar-refractivity contribution in [2.45, 2.75) is 38.8 Å². The van der Waals surface area contributed by atoms with E-state index in [1.807, 2.05) is 38.1 Å². The van der Waals surface area contributed by atoms with E-state index in [-0.39, 0.29) is 18.1 Å². The highest BCUT2D eigenvalue weighted by Crippen LogP contribution is 2.17. The molecule has 0 radical (unpaired) electrons. The first-order valence-corrected chi connectivity index (χ1v) is 6.43. The van der Waals surface area contributed by atoms with Gasteiger partial charge in [-0.2, -0.15) is 0 Å². The highest BCUT2D eigenvalue weighted by Gasteiger charge is 2.19. The van der Waals surface area contributed by atoms with Gasteiger partial charge in [0.1, 0.15) is 5.75 Å². The molecule has 1 aromatic rings. The van der Waals surface area contributed by atoms with Gasteiger partial charge >= 0.3 is 0 Å². The molecule has 18 heavy (non-hydrogen) atoms. The van der Waals surface area contributed by atoms with Gasteiger partial charge in [0.25, 0.3) is 0 Å². The first-order valence-electron chi connectivity index (χ1n) is 6.43. The van der Waals surface area contributed by atoms with Gasteiger partial charge in [0.2, 0.25) is 5.91 Å². The predicted octanol–water partition coefficient (Wildman–Crippen LogP) is 2.16. The van der Waals surface area contributed by atoms with Gasteiger partial charge in [0.15, 0.2) is 0 Å². The molecule has 1 aromatic carbocycles. The summed E-state index contributed by atoms with van der Waals surface area (Å²) in [6.45, 7) is 4.79. The topological polar surface area (TPSA) is 50.4 Å². The van der Waals surface area contributed by atoms with Crippen molar-refractivity contribution in [2.24, 2.45) is 0 Å². The Hall–Kier alpha value is -1.71. The summed E-state index contributed by atoms with van der Waals surface area (Å²) >= 11 is 0. The molecule has 0 aliphatic carbocycles. The lowest BCUT2D eigenvalue weighted by Crippen LogP contribution is -2.31. The smallest absolute Gasteiger partial charge is 0.220 e. The summed E-state index contributed by atoms with van der Waals surface area (Å²) in [6, 6.07) is 8.15. The van der Waals surface area contributed by atoms with Crippen molar-refractivity contribution >= 4 is 11.6 Å². The van der Waals surface area contributed by atoms with E-state index in [0.29, 0.717) is 6.42 Å². The van der Waals surface area contributed by atoms with Crippen LogP contribution in [0.25, 0.3) is 0 Å². The summed E-state index contributed by atoms with van der Waals surface area (Å²) in [4.78, 5) is 11.1. The molecule has 1 aliphatic rings. The number of nitrogens with one attached hydrogen (secondary N) is 2. The Labute approximate surface area is 108 Å². The Morgan fingerprint density at radius 3 is 2.67 bits per heavy atom. The maximum atomic E-state index is 11.1. The minimum absolute atomic E-state index is 0.155. The van der Waals surface area contributed by atoms with E-state index in [1.165, 1.54) is 0 Å². The molecule has 1 heterocycles. The molecule has 1 unspecified atom stereocenters. The van der Waals surface area contributed by atoms with Crippen LogP contribution in [-0.2, 0) is 4.79 Å². The Morgan fingerprint density at radius 2 is 2.11 bits per heavy atom. The Morgan fingerprint density at radius 1 is 1.39 bits per heavy atom. The van der Waals surface area contributed by atoms with Crippen molar-refractivity contribution in [2.75, 3.05) is 11.9 Å². The van der Waals surface area contributed by atoms with Gasteiger partial charge in [-0.05, 0) is 44.5 Å². The minimum atomic E-state index is 0.155. The first kappa shape index (κ1) is 12.7. The highest BCUT2D eigenvalue weighted by atomic mass is 16.5. The molecule has 0 spiro atoms. The number of carbonyl (C=O) groups excluding carboxylic acids is 1. The second-order valence-electron chi connectivity index (χ2n) is 4.87. The van der Waals surface area contributed by atoms with E-state index in [9.17, 15) is 4.79 Å². The molecule has 1 atom stereocenters. The quantitative estimate of drug-likeness (QED) is 0.839. The van der Waals surface area contributed by atoms with Crippen LogP contribution in [0.2, 0.25) is 0 Å². The molecule has 4 heteroatoms. The van der Waals surface area contributed by atoms with Crippen LogP contribution in [0.5, 0.6) is 5.75 Å². The van der Waals surface area contributed by atoms with Gasteiger partial charge in [0, 0.05) is 24.7 Å². The van der Waals surface area contributed by atoms with Gasteiger partial charge in [-0.25, -0.2) is 0 Å². The van der Waals surface area contributed by atoms with Crippen LogP contribution < -0.4 is 15.4 Å². The number of rotatable bonds is 5. The van der Waals surface area contributed by atoms with Gasteiger partial charge < -0.3 is 15.4 Å². The molecule has 2 N–H and O–H groups in total.